The molecule has 2 rings (SSSR count). The third-order valence-corrected chi connectivity index (χ3v) is 4.01. The van der Waals surface area contributed by atoms with Gasteiger partial charge in [-0.1, -0.05) is 13.8 Å². The number of aryl methyl sites for hydroxylation is 1. The quantitative estimate of drug-likeness (QED) is 0.827. The summed E-state index contributed by atoms with van der Waals surface area (Å²) in [5.41, 5.74) is 2.42. The van der Waals surface area contributed by atoms with Gasteiger partial charge in [-0.15, -0.1) is 0 Å². The summed E-state index contributed by atoms with van der Waals surface area (Å²) >= 11 is 0. The van der Waals surface area contributed by atoms with Crippen LogP contribution in [0.5, 0.6) is 0 Å². The standard InChI is InChI=1S/C16H27N3O2/c1-5-13-7-12(9-17-6-2)8-16(18-13)19-10-14(20-3)15(11-19)21-4/h7-8,14-15,17H,5-6,9-11H2,1-4H3. The molecule has 5 heteroatoms. The molecule has 118 valence electrons. The molecule has 0 saturated carbocycles. The topological polar surface area (TPSA) is 46.6 Å². The Balaban J connectivity index is 2.18. The molecule has 1 aliphatic rings. The van der Waals surface area contributed by atoms with Crippen LogP contribution in [0.15, 0.2) is 12.1 Å². The number of ether oxygens (including phenoxy) is 2. The summed E-state index contributed by atoms with van der Waals surface area (Å²) in [5.74, 6) is 1.03. The van der Waals surface area contributed by atoms with Gasteiger partial charge in [-0.2, -0.15) is 0 Å². The summed E-state index contributed by atoms with van der Waals surface area (Å²) < 4.78 is 11.0. The Morgan fingerprint density at radius 1 is 1.19 bits per heavy atom. The van der Waals surface area contributed by atoms with Crippen LogP contribution >= 0.6 is 0 Å². The summed E-state index contributed by atoms with van der Waals surface area (Å²) in [6.45, 7) is 7.78. The highest BCUT2D eigenvalue weighted by molar-refractivity contribution is 5.44. The second kappa shape index (κ2) is 7.73. The minimum atomic E-state index is 0.110. The van der Waals surface area contributed by atoms with E-state index in [0.717, 1.165) is 44.1 Å². The third kappa shape index (κ3) is 3.93. The lowest BCUT2D eigenvalue weighted by Crippen LogP contribution is -2.27. The van der Waals surface area contributed by atoms with E-state index in [0.29, 0.717) is 0 Å². The average Bonchev–Trinajstić information content (AvgIpc) is 2.96. The summed E-state index contributed by atoms with van der Waals surface area (Å²) in [7, 11) is 3.49. The number of hydrogen-bond acceptors (Lipinski definition) is 5. The second-order valence-corrected chi connectivity index (χ2v) is 5.41. The van der Waals surface area contributed by atoms with Gasteiger partial charge in [0.05, 0.1) is 0 Å². The van der Waals surface area contributed by atoms with Crippen molar-refractivity contribution in [1.82, 2.24) is 10.3 Å². The van der Waals surface area contributed by atoms with Crippen LogP contribution in [0.3, 0.4) is 0 Å². The Bertz CT molecular complexity index is 441. The van der Waals surface area contributed by atoms with Gasteiger partial charge < -0.3 is 19.7 Å². The highest BCUT2D eigenvalue weighted by atomic mass is 16.5. The first-order chi connectivity index (χ1) is 10.2. The van der Waals surface area contributed by atoms with Crippen molar-refractivity contribution in [2.24, 2.45) is 0 Å². The number of rotatable bonds is 7. The first-order valence-corrected chi connectivity index (χ1v) is 7.72. The molecular weight excluding hydrogens is 266 g/mol. The van der Waals surface area contributed by atoms with Gasteiger partial charge in [0, 0.05) is 39.5 Å². The van der Waals surface area contributed by atoms with Gasteiger partial charge >= 0.3 is 0 Å². The SMILES string of the molecule is CCNCc1cc(CC)nc(N2CC(OC)C(OC)C2)c1. The summed E-state index contributed by atoms with van der Waals surface area (Å²) in [5, 5.41) is 3.38. The monoisotopic (exact) mass is 293 g/mol. The number of nitrogens with zero attached hydrogens (tertiary/aromatic N) is 2. The van der Waals surface area contributed by atoms with Crippen LogP contribution in [0, 0.1) is 0 Å². The Labute approximate surface area is 127 Å². The fourth-order valence-electron chi connectivity index (χ4n) is 2.73. The van der Waals surface area contributed by atoms with Crippen molar-refractivity contribution in [3.05, 3.63) is 23.4 Å². The Hall–Kier alpha value is -1.17. The zero-order valence-electron chi connectivity index (χ0n) is 13.6. The summed E-state index contributed by atoms with van der Waals surface area (Å²) in [6, 6.07) is 4.36. The van der Waals surface area contributed by atoms with E-state index in [9.17, 15) is 0 Å². The molecule has 21 heavy (non-hydrogen) atoms. The minimum absolute atomic E-state index is 0.110. The zero-order chi connectivity index (χ0) is 15.2. The van der Waals surface area contributed by atoms with Crippen molar-refractivity contribution >= 4 is 5.82 Å². The molecule has 1 N–H and O–H groups in total. The predicted molar refractivity (Wildman–Crippen MR) is 84.8 cm³/mol. The number of aromatic nitrogens is 1. The van der Waals surface area contributed by atoms with E-state index < -0.39 is 0 Å². The first kappa shape index (κ1) is 16.2. The number of pyridine rings is 1. The van der Waals surface area contributed by atoms with E-state index in [1.165, 1.54) is 5.56 Å². The van der Waals surface area contributed by atoms with E-state index in [2.05, 4.69) is 36.2 Å². The van der Waals surface area contributed by atoms with Crippen LogP contribution in [0.4, 0.5) is 5.82 Å². The van der Waals surface area contributed by atoms with Gasteiger partial charge in [-0.3, -0.25) is 0 Å². The van der Waals surface area contributed by atoms with Crippen molar-refractivity contribution in [2.75, 3.05) is 38.8 Å². The number of nitrogens with one attached hydrogen (secondary N) is 1. The fraction of sp³-hybridized carbons (Fsp3) is 0.688. The number of hydrogen-bond donors (Lipinski definition) is 1. The van der Waals surface area contributed by atoms with E-state index in [1.807, 2.05) is 0 Å². The lowest BCUT2D eigenvalue weighted by molar-refractivity contribution is -0.00461. The molecule has 1 aromatic rings. The van der Waals surface area contributed by atoms with Crippen molar-refractivity contribution in [1.29, 1.82) is 0 Å². The summed E-state index contributed by atoms with van der Waals surface area (Å²) in [4.78, 5) is 7.03. The highest BCUT2D eigenvalue weighted by Crippen LogP contribution is 2.23. The molecular formula is C16H27N3O2. The lowest BCUT2D eigenvalue weighted by atomic mass is 10.2. The van der Waals surface area contributed by atoms with Gasteiger partial charge in [0.2, 0.25) is 0 Å². The van der Waals surface area contributed by atoms with Crippen molar-refractivity contribution in [2.45, 2.75) is 39.0 Å². The van der Waals surface area contributed by atoms with Gasteiger partial charge in [-0.05, 0) is 30.7 Å². The molecule has 0 spiro atoms. The van der Waals surface area contributed by atoms with Gasteiger partial charge in [0.25, 0.3) is 0 Å². The molecule has 0 aliphatic carbocycles. The van der Waals surface area contributed by atoms with E-state index in [4.69, 9.17) is 14.5 Å². The van der Waals surface area contributed by atoms with Gasteiger partial charge in [0.15, 0.2) is 0 Å². The van der Waals surface area contributed by atoms with E-state index in [1.54, 1.807) is 14.2 Å². The Morgan fingerprint density at radius 3 is 2.38 bits per heavy atom. The van der Waals surface area contributed by atoms with Crippen LogP contribution in [-0.4, -0.2) is 51.0 Å². The maximum Gasteiger partial charge on any atom is 0.129 e. The van der Waals surface area contributed by atoms with Crippen LogP contribution in [0.25, 0.3) is 0 Å². The number of methoxy groups -OCH3 is 2. The van der Waals surface area contributed by atoms with E-state index >= 15 is 0 Å². The normalized spacial score (nSPS) is 22.0. The molecule has 0 bridgehead atoms. The Morgan fingerprint density at radius 2 is 1.86 bits per heavy atom. The molecule has 0 aromatic carbocycles. The maximum absolute atomic E-state index is 5.51. The van der Waals surface area contributed by atoms with Gasteiger partial charge in [-0.25, -0.2) is 4.98 Å². The number of anilines is 1. The molecule has 5 nitrogen and oxygen atoms in total. The summed E-state index contributed by atoms with van der Waals surface area (Å²) in [6.07, 6.45) is 1.17. The van der Waals surface area contributed by atoms with E-state index in [-0.39, 0.29) is 12.2 Å². The van der Waals surface area contributed by atoms with Crippen LogP contribution in [0.2, 0.25) is 0 Å². The molecule has 1 fully saturated rings. The van der Waals surface area contributed by atoms with Crippen LogP contribution in [0.1, 0.15) is 25.1 Å². The largest absolute Gasteiger partial charge is 0.377 e. The van der Waals surface area contributed by atoms with Crippen LogP contribution < -0.4 is 10.2 Å². The third-order valence-electron chi connectivity index (χ3n) is 4.01. The van der Waals surface area contributed by atoms with Crippen molar-refractivity contribution < 1.29 is 9.47 Å². The molecule has 0 amide bonds. The maximum atomic E-state index is 5.51. The Kier molecular flexibility index (Phi) is 5.96. The second-order valence-electron chi connectivity index (χ2n) is 5.41. The average molecular weight is 293 g/mol. The van der Waals surface area contributed by atoms with Gasteiger partial charge in [0.1, 0.15) is 18.0 Å². The highest BCUT2D eigenvalue weighted by Gasteiger charge is 2.33. The van der Waals surface area contributed by atoms with Crippen molar-refractivity contribution in [3.63, 3.8) is 0 Å². The molecule has 0 radical (unpaired) electrons. The molecule has 2 heterocycles. The van der Waals surface area contributed by atoms with Crippen LogP contribution in [-0.2, 0) is 22.4 Å². The molecule has 2 atom stereocenters. The smallest absolute Gasteiger partial charge is 0.129 e. The molecule has 1 saturated heterocycles. The van der Waals surface area contributed by atoms with Crippen molar-refractivity contribution in [3.8, 4) is 0 Å². The molecule has 1 aromatic heterocycles. The predicted octanol–water partition coefficient (Wildman–Crippen LogP) is 1.60. The first-order valence-electron chi connectivity index (χ1n) is 7.72. The zero-order valence-corrected chi connectivity index (χ0v) is 13.6. The minimum Gasteiger partial charge on any atom is -0.377 e. The molecule has 1 aliphatic heterocycles. The lowest BCUT2D eigenvalue weighted by Gasteiger charge is -2.19. The fourth-order valence-corrected chi connectivity index (χ4v) is 2.73. The molecule has 2 unspecified atom stereocenters.